The van der Waals surface area contributed by atoms with Gasteiger partial charge in [-0.3, -0.25) is 23.6 Å². The van der Waals surface area contributed by atoms with Crippen LogP contribution in [0.1, 0.15) is 25.3 Å². The third-order valence-corrected chi connectivity index (χ3v) is 8.28. The number of thiol groups is 1. The fourth-order valence-corrected chi connectivity index (χ4v) is 6.28. The van der Waals surface area contributed by atoms with E-state index in [9.17, 15) is 24.4 Å². The lowest BCUT2D eigenvalue weighted by molar-refractivity contribution is -0.0568. The number of ether oxygens (including phenoxy) is 2. The number of aromatic amines is 2. The van der Waals surface area contributed by atoms with Gasteiger partial charge in [0.25, 0.3) is 11.1 Å². The molecule has 1 unspecified atom stereocenters. The van der Waals surface area contributed by atoms with Crippen LogP contribution < -0.4 is 16.9 Å². The molecule has 2 aliphatic heterocycles. The van der Waals surface area contributed by atoms with E-state index in [0.29, 0.717) is 11.0 Å². The summed E-state index contributed by atoms with van der Waals surface area (Å²) in [7, 11) is 0. The summed E-state index contributed by atoms with van der Waals surface area (Å²) < 4.78 is 38.8. The van der Waals surface area contributed by atoms with Gasteiger partial charge < -0.3 is 35.0 Å². The Morgan fingerprint density at radius 2 is 2.08 bits per heavy atom. The summed E-state index contributed by atoms with van der Waals surface area (Å²) in [6.07, 6.45) is -2.24. The molecule has 2 aliphatic rings. The lowest BCUT2D eigenvalue weighted by atomic mass is 10.2. The zero-order valence-corrected chi connectivity index (χ0v) is 22.2. The molecule has 4 aromatic heterocycles. The number of aromatic nitrogens is 8. The van der Waals surface area contributed by atoms with Gasteiger partial charge in [0.1, 0.15) is 24.1 Å². The van der Waals surface area contributed by atoms with Crippen molar-refractivity contribution >= 4 is 47.2 Å². The lowest BCUT2D eigenvalue weighted by Crippen LogP contribution is -2.27. The van der Waals surface area contributed by atoms with Gasteiger partial charge in [-0.1, -0.05) is 17.5 Å². The molecule has 0 spiro atoms. The molecule has 0 amide bonds. The number of anilines is 1. The van der Waals surface area contributed by atoms with E-state index in [-0.39, 0.29) is 48.7 Å². The van der Waals surface area contributed by atoms with Crippen LogP contribution in [0.5, 0.6) is 0 Å². The zero-order chi connectivity index (χ0) is 28.2. The number of nitrogens with one attached hydrogen (secondary N) is 2. The molecule has 18 nitrogen and oxygen atoms in total. The predicted octanol–water partition coefficient (Wildman–Crippen LogP) is -0.797. The molecular weight excluding hydrogens is 573 g/mol. The van der Waals surface area contributed by atoms with Gasteiger partial charge in [0.05, 0.1) is 37.1 Å². The third kappa shape index (κ3) is 4.94. The van der Waals surface area contributed by atoms with Gasteiger partial charge in [-0.15, -0.1) is 5.10 Å². The van der Waals surface area contributed by atoms with Crippen molar-refractivity contribution in [3.05, 3.63) is 39.3 Å². The summed E-state index contributed by atoms with van der Waals surface area (Å²) in [5.41, 5.74) is 5.00. The van der Waals surface area contributed by atoms with Crippen LogP contribution >= 0.6 is 19.0 Å². The Morgan fingerprint density at radius 1 is 1.25 bits per heavy atom. The molecule has 6 heterocycles. The summed E-state index contributed by atoms with van der Waals surface area (Å²) in [6, 6.07) is 1.59. The number of nitrogens with two attached hydrogens (primary N) is 1. The first kappa shape index (κ1) is 27.0. The average molecular weight is 598 g/mol. The number of fused-ring (bicyclic) bond motifs is 2. The number of H-pyrrole nitrogens is 2. The third-order valence-electron chi connectivity index (χ3n) is 6.64. The summed E-state index contributed by atoms with van der Waals surface area (Å²) >= 11 is 4.08. The normalized spacial score (nSPS) is 28.5. The lowest BCUT2D eigenvalue weighted by Gasteiger charge is -2.23. The molecule has 0 saturated carbocycles. The predicted molar refractivity (Wildman–Crippen MR) is 138 cm³/mol. The standard InChI is InChI=1S/C20H24N9O9PS/c21-20-24-16-14(18(33)25-20)26-27-29(16)19-11(3-8(5-30)36-19)38-39(34,40)35-6-12-10(31)4-13(37-12)28-2-1-9-15(28)22-7-23-17(9)32/h1-2,7-8,10-13,19,30-31H,3-6H2,(H,34,40)(H,22,23,32)(H3,21,24,25,33)/t8-,10-,11+,12+,13+,19+,39?/m0/s1. The maximum Gasteiger partial charge on any atom is 0.386 e. The molecule has 6 N–H and O–H groups in total. The molecule has 7 atom stereocenters. The SMILES string of the molecule is Nc1nc2c(nnn2[C@@H]2O[C@H](CO)C[C@H]2OP(=O)(S)OC[C@H]2O[C@@H](n3ccc4c(=O)[nH]cnc43)C[C@@H]2O)c(=O)[nH]1. The van der Waals surface area contributed by atoms with Gasteiger partial charge in [-0.25, -0.2) is 9.55 Å². The quantitative estimate of drug-likeness (QED) is 0.108. The number of hydrogen-bond acceptors (Lipinski definition) is 14. The van der Waals surface area contributed by atoms with Crippen molar-refractivity contribution in [3.8, 4) is 0 Å². The Kier molecular flexibility index (Phi) is 6.99. The van der Waals surface area contributed by atoms with Gasteiger partial charge in [0.15, 0.2) is 17.4 Å². The zero-order valence-electron chi connectivity index (χ0n) is 20.4. The van der Waals surface area contributed by atoms with Crippen molar-refractivity contribution < 1.29 is 33.3 Å². The molecule has 20 heteroatoms. The van der Waals surface area contributed by atoms with Crippen LogP contribution in [0.15, 0.2) is 28.2 Å². The average Bonchev–Trinajstić information content (AvgIpc) is 3.68. The van der Waals surface area contributed by atoms with Crippen LogP contribution in [0.25, 0.3) is 22.2 Å². The molecule has 2 saturated heterocycles. The van der Waals surface area contributed by atoms with E-state index in [2.05, 4.69) is 42.5 Å². The maximum atomic E-state index is 13.2. The van der Waals surface area contributed by atoms with Gasteiger partial charge in [0, 0.05) is 19.0 Å². The Labute approximate surface area is 228 Å². The van der Waals surface area contributed by atoms with E-state index < -0.39 is 49.2 Å². The summed E-state index contributed by atoms with van der Waals surface area (Å²) in [5, 5.41) is 28.3. The molecule has 40 heavy (non-hydrogen) atoms. The van der Waals surface area contributed by atoms with E-state index in [1.807, 2.05) is 0 Å². The Morgan fingerprint density at radius 3 is 2.88 bits per heavy atom. The van der Waals surface area contributed by atoms with Gasteiger partial charge in [-0.05, 0) is 6.07 Å². The molecular formula is C20H24N9O9PS. The van der Waals surface area contributed by atoms with Crippen molar-refractivity contribution in [2.75, 3.05) is 18.9 Å². The molecule has 4 aromatic rings. The largest absolute Gasteiger partial charge is 0.394 e. The monoisotopic (exact) mass is 597 g/mol. The van der Waals surface area contributed by atoms with E-state index in [0.717, 1.165) is 4.68 Å². The molecule has 214 valence electrons. The first-order valence-electron chi connectivity index (χ1n) is 12.0. The fourth-order valence-electron chi connectivity index (χ4n) is 4.79. The second-order valence-corrected chi connectivity index (χ2v) is 12.1. The first-order valence-corrected chi connectivity index (χ1v) is 14.7. The second kappa shape index (κ2) is 10.3. The smallest absolute Gasteiger partial charge is 0.386 e. The van der Waals surface area contributed by atoms with Gasteiger partial charge >= 0.3 is 6.80 Å². The topological polar surface area (TPSA) is 248 Å². The van der Waals surface area contributed by atoms with E-state index in [4.69, 9.17) is 24.3 Å². The maximum absolute atomic E-state index is 13.2. The second-order valence-electron chi connectivity index (χ2n) is 9.26. The highest BCUT2D eigenvalue weighted by Crippen LogP contribution is 2.57. The van der Waals surface area contributed by atoms with Crippen molar-refractivity contribution in [3.63, 3.8) is 0 Å². The van der Waals surface area contributed by atoms with E-state index in [1.165, 1.54) is 6.33 Å². The van der Waals surface area contributed by atoms with Crippen LogP contribution in [0.4, 0.5) is 5.95 Å². The molecule has 0 bridgehead atoms. The van der Waals surface area contributed by atoms with E-state index >= 15 is 0 Å². The molecule has 2 fully saturated rings. The number of aliphatic hydroxyl groups is 2. The highest BCUT2D eigenvalue weighted by molar-refractivity contribution is 8.44. The van der Waals surface area contributed by atoms with Crippen molar-refractivity contribution in [1.82, 2.24) is 39.5 Å². The van der Waals surface area contributed by atoms with Crippen molar-refractivity contribution in [2.24, 2.45) is 0 Å². The fraction of sp³-hybridized carbons (Fsp3) is 0.500. The Balaban J connectivity index is 1.15. The first-order chi connectivity index (χ1) is 19.1. The highest BCUT2D eigenvalue weighted by atomic mass is 32.7. The highest BCUT2D eigenvalue weighted by Gasteiger charge is 2.44. The summed E-state index contributed by atoms with van der Waals surface area (Å²) in [4.78, 5) is 37.2. The number of nitrogen functional groups attached to an aromatic ring is 1. The molecule has 6 rings (SSSR count). The Hall–Kier alpha value is -3.16. The van der Waals surface area contributed by atoms with Crippen LogP contribution in [0.2, 0.25) is 0 Å². The minimum atomic E-state index is -4.10. The molecule has 0 aromatic carbocycles. The minimum Gasteiger partial charge on any atom is -0.394 e. The van der Waals surface area contributed by atoms with Crippen molar-refractivity contribution in [1.29, 1.82) is 0 Å². The summed E-state index contributed by atoms with van der Waals surface area (Å²) in [6.45, 7) is -4.82. The number of nitrogens with zero attached hydrogens (tertiary/aromatic N) is 6. The minimum absolute atomic E-state index is 0.00380. The van der Waals surface area contributed by atoms with E-state index in [1.54, 1.807) is 16.8 Å². The van der Waals surface area contributed by atoms with Crippen LogP contribution in [0, 0.1) is 0 Å². The number of rotatable bonds is 8. The van der Waals surface area contributed by atoms with Gasteiger partial charge in [-0.2, -0.15) is 9.67 Å². The molecule has 0 aliphatic carbocycles. The number of hydrogen-bond donors (Lipinski definition) is 6. The number of aliphatic hydroxyl groups excluding tert-OH is 2. The van der Waals surface area contributed by atoms with Crippen LogP contribution in [-0.4, -0.2) is 87.3 Å². The van der Waals surface area contributed by atoms with Gasteiger partial charge in [0.2, 0.25) is 5.95 Å². The Bertz CT molecular complexity index is 1720. The molecule has 0 radical (unpaired) electrons. The van der Waals surface area contributed by atoms with Crippen LogP contribution in [0.3, 0.4) is 0 Å². The van der Waals surface area contributed by atoms with Crippen LogP contribution in [-0.2, 0) is 23.1 Å². The summed E-state index contributed by atoms with van der Waals surface area (Å²) in [5.74, 6) is -0.178. The van der Waals surface area contributed by atoms with Crippen molar-refractivity contribution in [2.45, 2.75) is 49.7 Å².